The van der Waals surface area contributed by atoms with Crippen LogP contribution in [0, 0.1) is 11.6 Å². The lowest BCUT2D eigenvalue weighted by Gasteiger charge is -2.32. The van der Waals surface area contributed by atoms with Gasteiger partial charge in [-0.3, -0.25) is 0 Å². The summed E-state index contributed by atoms with van der Waals surface area (Å²) in [6.07, 6.45) is 0. The van der Waals surface area contributed by atoms with Crippen LogP contribution in [0.1, 0.15) is 0 Å². The van der Waals surface area contributed by atoms with Crippen molar-refractivity contribution in [2.75, 3.05) is 33.2 Å². The van der Waals surface area contributed by atoms with E-state index in [9.17, 15) is 25.6 Å². The first-order valence-corrected chi connectivity index (χ1v) is 9.20. The molecule has 0 unspecified atom stereocenters. The second kappa shape index (κ2) is 6.16. The molecule has 2 rings (SSSR count). The highest BCUT2D eigenvalue weighted by Gasteiger charge is 2.33. The Morgan fingerprint density at radius 2 is 1.55 bits per heavy atom. The quantitative estimate of drug-likeness (QED) is 0.806. The topological polar surface area (TPSA) is 86.8 Å². The molecule has 1 aliphatic heterocycles. The van der Waals surface area contributed by atoms with E-state index in [1.807, 2.05) is 0 Å². The predicted molar refractivity (Wildman–Crippen MR) is 74.7 cm³/mol. The van der Waals surface area contributed by atoms with E-state index in [-0.39, 0.29) is 26.2 Å². The summed E-state index contributed by atoms with van der Waals surface area (Å²) in [4.78, 5) is -0.752. The predicted octanol–water partition coefficient (Wildman–Crippen LogP) is -0.265. The third kappa shape index (κ3) is 3.27. The van der Waals surface area contributed by atoms with Crippen molar-refractivity contribution in [2.45, 2.75) is 4.90 Å². The summed E-state index contributed by atoms with van der Waals surface area (Å²) in [7, 11) is -6.61. The van der Waals surface area contributed by atoms with Crippen LogP contribution in [-0.4, -0.2) is 58.7 Å². The van der Waals surface area contributed by atoms with Crippen molar-refractivity contribution in [3.8, 4) is 0 Å². The summed E-state index contributed by atoms with van der Waals surface area (Å²) in [5, 5.41) is 0. The lowest BCUT2D eigenvalue weighted by molar-refractivity contribution is 0.270. The second-order valence-corrected chi connectivity index (χ2v) is 8.37. The lowest BCUT2D eigenvalue weighted by atomic mass is 10.3. The fraction of sp³-hybridized carbons (Fsp3) is 0.455. The van der Waals surface area contributed by atoms with Crippen LogP contribution >= 0.6 is 0 Å². The van der Waals surface area contributed by atoms with Gasteiger partial charge in [-0.1, -0.05) is 0 Å². The van der Waals surface area contributed by atoms with Crippen molar-refractivity contribution in [3.63, 3.8) is 0 Å². The Morgan fingerprint density at radius 3 is 2.09 bits per heavy atom. The van der Waals surface area contributed by atoms with E-state index >= 15 is 0 Å². The van der Waals surface area contributed by atoms with Crippen LogP contribution in [0.15, 0.2) is 23.1 Å². The van der Waals surface area contributed by atoms with Crippen LogP contribution in [0.4, 0.5) is 8.78 Å². The van der Waals surface area contributed by atoms with Crippen LogP contribution in [0.3, 0.4) is 0 Å². The van der Waals surface area contributed by atoms with E-state index in [1.54, 1.807) is 0 Å². The van der Waals surface area contributed by atoms with Crippen molar-refractivity contribution < 1.29 is 25.6 Å². The molecule has 7 nitrogen and oxygen atoms in total. The number of piperazine rings is 1. The van der Waals surface area contributed by atoms with E-state index in [2.05, 4.69) is 4.72 Å². The average Bonchev–Trinajstić information content (AvgIpc) is 2.49. The molecule has 11 heteroatoms. The van der Waals surface area contributed by atoms with Crippen molar-refractivity contribution in [3.05, 3.63) is 29.8 Å². The Morgan fingerprint density at radius 1 is 1.00 bits per heavy atom. The van der Waals surface area contributed by atoms with Gasteiger partial charge in [0.2, 0.25) is 10.0 Å². The highest BCUT2D eigenvalue weighted by atomic mass is 32.2. The minimum atomic E-state index is -4.21. The molecule has 0 saturated carbocycles. The number of hydrogen-bond acceptors (Lipinski definition) is 4. The molecule has 1 saturated heterocycles. The van der Waals surface area contributed by atoms with Gasteiger partial charge in [0.15, 0.2) is 0 Å². The van der Waals surface area contributed by atoms with Gasteiger partial charge < -0.3 is 0 Å². The van der Waals surface area contributed by atoms with Crippen LogP contribution < -0.4 is 4.72 Å². The maximum Gasteiger partial charge on any atom is 0.279 e. The number of rotatable bonds is 4. The molecule has 1 aliphatic rings. The number of hydrogen-bond donors (Lipinski definition) is 1. The van der Waals surface area contributed by atoms with Crippen molar-refractivity contribution in [2.24, 2.45) is 0 Å². The molecule has 0 aliphatic carbocycles. The van der Waals surface area contributed by atoms with Gasteiger partial charge in [0.05, 0.1) is 0 Å². The molecule has 1 aromatic carbocycles. The van der Waals surface area contributed by atoms with E-state index in [4.69, 9.17) is 0 Å². The largest absolute Gasteiger partial charge is 0.279 e. The zero-order valence-corrected chi connectivity index (χ0v) is 13.3. The molecule has 1 fully saturated rings. The molecule has 22 heavy (non-hydrogen) atoms. The fourth-order valence-corrected chi connectivity index (χ4v) is 4.49. The minimum Gasteiger partial charge on any atom is -0.207 e. The van der Waals surface area contributed by atoms with Crippen LogP contribution in [0.25, 0.3) is 0 Å². The molecule has 0 bridgehead atoms. The van der Waals surface area contributed by atoms with E-state index < -0.39 is 36.8 Å². The zero-order valence-electron chi connectivity index (χ0n) is 11.7. The van der Waals surface area contributed by atoms with Crippen molar-refractivity contribution >= 4 is 20.2 Å². The zero-order chi connectivity index (χ0) is 16.5. The van der Waals surface area contributed by atoms with Crippen molar-refractivity contribution in [1.82, 2.24) is 13.3 Å². The molecule has 0 atom stereocenters. The molecule has 124 valence electrons. The SMILES string of the molecule is CNS(=O)(=O)N1CCN(S(=O)(=O)c2cc(F)ccc2F)CC1. The Balaban J connectivity index is 2.22. The molecule has 1 N–H and O–H groups in total. The normalized spacial score (nSPS) is 18.5. The third-order valence-electron chi connectivity index (χ3n) is 3.31. The first-order chi connectivity index (χ1) is 10.2. The molecular weight excluding hydrogens is 340 g/mol. The molecule has 1 aromatic rings. The standard InChI is InChI=1S/C11H15F2N3O4S2/c1-14-22(19,20)16-6-4-15(5-7-16)21(17,18)11-8-9(12)2-3-10(11)13/h2-3,8,14H,4-7H2,1H3. The Hall–Kier alpha value is -1.14. The second-order valence-electron chi connectivity index (χ2n) is 4.59. The maximum absolute atomic E-state index is 13.7. The maximum atomic E-state index is 13.7. The van der Waals surface area contributed by atoms with Crippen LogP contribution in [-0.2, 0) is 20.2 Å². The van der Waals surface area contributed by atoms with Gasteiger partial charge >= 0.3 is 0 Å². The van der Waals surface area contributed by atoms with Crippen LogP contribution in [0.5, 0.6) is 0 Å². The summed E-state index contributed by atoms with van der Waals surface area (Å²) in [6.45, 7) is -0.420. The van der Waals surface area contributed by atoms with Gasteiger partial charge in [0.1, 0.15) is 16.5 Å². The van der Waals surface area contributed by atoms with Crippen molar-refractivity contribution in [1.29, 1.82) is 0 Å². The van der Waals surface area contributed by atoms with E-state index in [0.717, 1.165) is 20.7 Å². The first-order valence-electron chi connectivity index (χ1n) is 6.32. The Bertz CT molecular complexity index is 760. The number of halogens is 2. The van der Waals surface area contributed by atoms with E-state index in [1.165, 1.54) is 7.05 Å². The summed E-state index contributed by atoms with van der Waals surface area (Å²) in [5.41, 5.74) is 0. The molecular formula is C11H15F2N3O4S2. The summed E-state index contributed by atoms with van der Waals surface area (Å²) >= 11 is 0. The minimum absolute atomic E-state index is 0.0701. The highest BCUT2D eigenvalue weighted by Crippen LogP contribution is 2.22. The average molecular weight is 355 g/mol. The molecule has 0 aromatic heterocycles. The fourth-order valence-electron chi connectivity index (χ4n) is 2.09. The summed E-state index contributed by atoms with van der Waals surface area (Å²) < 4.78 is 78.8. The first kappa shape index (κ1) is 17.2. The van der Waals surface area contributed by atoms with Crippen LogP contribution in [0.2, 0.25) is 0 Å². The highest BCUT2D eigenvalue weighted by molar-refractivity contribution is 7.89. The lowest BCUT2D eigenvalue weighted by Crippen LogP contribution is -2.52. The van der Waals surface area contributed by atoms with E-state index in [0.29, 0.717) is 6.07 Å². The molecule has 0 spiro atoms. The summed E-state index contributed by atoms with van der Waals surface area (Å²) in [6, 6.07) is 2.18. The van der Waals surface area contributed by atoms with Gasteiger partial charge in [0, 0.05) is 33.2 Å². The van der Waals surface area contributed by atoms with Gasteiger partial charge in [-0.05, 0) is 18.2 Å². The number of benzene rings is 1. The number of sulfonamides is 1. The van der Waals surface area contributed by atoms with Gasteiger partial charge in [-0.15, -0.1) is 0 Å². The number of nitrogens with one attached hydrogen (secondary N) is 1. The summed E-state index contributed by atoms with van der Waals surface area (Å²) in [5.74, 6) is -1.91. The Labute approximate surface area is 127 Å². The molecule has 0 radical (unpaired) electrons. The third-order valence-corrected chi connectivity index (χ3v) is 6.78. The molecule has 0 amide bonds. The van der Waals surface area contributed by atoms with Gasteiger partial charge in [-0.2, -0.15) is 17.0 Å². The van der Waals surface area contributed by atoms with Gasteiger partial charge in [-0.25, -0.2) is 21.9 Å². The Kier molecular flexibility index (Phi) is 4.82. The number of nitrogens with zero attached hydrogens (tertiary/aromatic N) is 2. The molecule has 1 heterocycles. The smallest absolute Gasteiger partial charge is 0.207 e. The van der Waals surface area contributed by atoms with Gasteiger partial charge in [0.25, 0.3) is 10.2 Å². The monoisotopic (exact) mass is 355 g/mol.